The third-order valence-corrected chi connectivity index (χ3v) is 4.57. The number of hydrogen-bond donors (Lipinski definition) is 2. The molecule has 1 aromatic heterocycles. The third kappa shape index (κ3) is 3.49. The van der Waals surface area contributed by atoms with Crippen LogP contribution >= 0.6 is 11.3 Å². The Morgan fingerprint density at radius 3 is 2.70 bits per heavy atom. The molecule has 2 amide bonds. The topological polar surface area (TPSA) is 63.2 Å². The normalized spacial score (nSPS) is 23.6. The first-order valence-corrected chi connectivity index (χ1v) is 7.71. The molecule has 1 aliphatic heterocycles. The molecule has 0 radical (unpaired) electrons. The molecule has 2 heterocycles. The van der Waals surface area contributed by atoms with Crippen molar-refractivity contribution in [3.8, 4) is 0 Å². The van der Waals surface area contributed by atoms with Crippen molar-refractivity contribution in [3.63, 3.8) is 0 Å². The molecule has 1 atom stereocenters. The quantitative estimate of drug-likeness (QED) is 0.901. The van der Waals surface area contributed by atoms with E-state index in [1.807, 2.05) is 20.8 Å². The minimum absolute atomic E-state index is 0.0139. The summed E-state index contributed by atoms with van der Waals surface area (Å²) < 4.78 is 5.97. The first-order valence-electron chi connectivity index (χ1n) is 6.83. The smallest absolute Gasteiger partial charge is 0.315 e. The van der Waals surface area contributed by atoms with Crippen molar-refractivity contribution in [1.82, 2.24) is 15.6 Å². The fourth-order valence-electron chi connectivity index (χ4n) is 2.65. The first kappa shape index (κ1) is 15.3. The molecular formula is C14H23N3O2S. The van der Waals surface area contributed by atoms with Crippen LogP contribution in [0.5, 0.6) is 0 Å². The number of hydrogen-bond acceptors (Lipinski definition) is 4. The lowest BCUT2D eigenvalue weighted by Gasteiger charge is -2.27. The molecule has 112 valence electrons. The Morgan fingerprint density at radius 1 is 1.50 bits per heavy atom. The van der Waals surface area contributed by atoms with Gasteiger partial charge in [-0.2, -0.15) is 0 Å². The number of nitrogens with one attached hydrogen (secondary N) is 2. The lowest BCUT2D eigenvalue weighted by atomic mass is 9.95. The van der Waals surface area contributed by atoms with E-state index in [2.05, 4.69) is 29.5 Å². The predicted octanol–water partition coefficient (Wildman–Crippen LogP) is 2.60. The summed E-state index contributed by atoms with van der Waals surface area (Å²) in [6.07, 6.45) is 0.813. The molecule has 0 unspecified atom stereocenters. The van der Waals surface area contributed by atoms with Crippen LogP contribution in [0.3, 0.4) is 0 Å². The van der Waals surface area contributed by atoms with Crippen molar-refractivity contribution in [1.29, 1.82) is 0 Å². The number of urea groups is 1. The SMILES string of the molecule is Cc1ncsc1CNC(=O)N[C@@H]1CC(C)(C)OC1(C)C. The van der Waals surface area contributed by atoms with Gasteiger partial charge < -0.3 is 15.4 Å². The second-order valence-electron chi connectivity index (χ2n) is 6.41. The maximum absolute atomic E-state index is 12.0. The second kappa shape index (κ2) is 5.33. The molecule has 0 aliphatic carbocycles. The summed E-state index contributed by atoms with van der Waals surface area (Å²) in [7, 11) is 0. The number of aromatic nitrogens is 1. The summed E-state index contributed by atoms with van der Waals surface area (Å²) in [5, 5.41) is 5.90. The minimum Gasteiger partial charge on any atom is -0.367 e. The zero-order valence-electron chi connectivity index (χ0n) is 12.7. The Bertz CT molecular complexity index is 496. The van der Waals surface area contributed by atoms with Crippen molar-refractivity contribution in [2.75, 3.05) is 0 Å². The average Bonchev–Trinajstić information content (AvgIpc) is 2.77. The standard InChI is InChI=1S/C14H23N3O2S/c1-9-10(20-8-16-9)7-15-12(18)17-11-6-13(2,3)19-14(11,4)5/h8,11H,6-7H2,1-5H3,(H2,15,17,18)/t11-/m1/s1. The highest BCUT2D eigenvalue weighted by molar-refractivity contribution is 7.09. The van der Waals surface area contributed by atoms with Gasteiger partial charge in [0.25, 0.3) is 0 Å². The molecule has 5 nitrogen and oxygen atoms in total. The van der Waals surface area contributed by atoms with Crippen LogP contribution in [0.2, 0.25) is 0 Å². The zero-order valence-corrected chi connectivity index (χ0v) is 13.6. The molecular weight excluding hydrogens is 274 g/mol. The number of carbonyl (C=O) groups excluding carboxylic acids is 1. The predicted molar refractivity (Wildman–Crippen MR) is 79.9 cm³/mol. The van der Waals surface area contributed by atoms with Gasteiger partial charge in [0.05, 0.1) is 35.0 Å². The van der Waals surface area contributed by atoms with Crippen molar-refractivity contribution in [2.24, 2.45) is 0 Å². The van der Waals surface area contributed by atoms with Crippen LogP contribution in [0.15, 0.2) is 5.51 Å². The van der Waals surface area contributed by atoms with E-state index in [9.17, 15) is 4.79 Å². The monoisotopic (exact) mass is 297 g/mol. The highest BCUT2D eigenvalue weighted by Gasteiger charge is 2.46. The molecule has 2 rings (SSSR count). The minimum atomic E-state index is -0.346. The fourth-order valence-corrected chi connectivity index (χ4v) is 3.37. The summed E-state index contributed by atoms with van der Waals surface area (Å²) in [4.78, 5) is 17.3. The number of thiazole rings is 1. The Kier molecular flexibility index (Phi) is 4.07. The van der Waals surface area contributed by atoms with Gasteiger partial charge in [-0.25, -0.2) is 9.78 Å². The Labute approximate surface area is 124 Å². The van der Waals surface area contributed by atoms with Crippen LogP contribution in [-0.4, -0.2) is 28.3 Å². The van der Waals surface area contributed by atoms with Gasteiger partial charge in [-0.3, -0.25) is 0 Å². The number of rotatable bonds is 3. The van der Waals surface area contributed by atoms with E-state index >= 15 is 0 Å². The molecule has 0 aromatic carbocycles. The van der Waals surface area contributed by atoms with Crippen molar-refractivity contribution >= 4 is 17.4 Å². The third-order valence-electron chi connectivity index (χ3n) is 3.63. The van der Waals surface area contributed by atoms with Crippen LogP contribution in [0, 0.1) is 6.92 Å². The number of aryl methyl sites for hydroxylation is 1. The summed E-state index contributed by atoms with van der Waals surface area (Å²) in [5.41, 5.74) is 2.22. The first-order chi connectivity index (χ1) is 9.20. The molecule has 20 heavy (non-hydrogen) atoms. The number of ether oxygens (including phenoxy) is 1. The van der Waals surface area contributed by atoms with E-state index < -0.39 is 0 Å². The summed E-state index contributed by atoms with van der Waals surface area (Å²) >= 11 is 1.56. The summed E-state index contributed by atoms with van der Waals surface area (Å²) in [5.74, 6) is 0. The number of nitrogens with zero attached hydrogens (tertiary/aromatic N) is 1. The lowest BCUT2D eigenvalue weighted by Crippen LogP contribution is -2.49. The lowest BCUT2D eigenvalue weighted by molar-refractivity contribution is -0.0690. The van der Waals surface area contributed by atoms with Gasteiger partial charge in [-0.1, -0.05) is 0 Å². The van der Waals surface area contributed by atoms with Crippen molar-refractivity contribution in [2.45, 2.75) is 64.8 Å². The van der Waals surface area contributed by atoms with Gasteiger partial charge in [0, 0.05) is 4.88 Å². The average molecular weight is 297 g/mol. The van der Waals surface area contributed by atoms with Gasteiger partial charge in [-0.15, -0.1) is 11.3 Å². The number of carbonyl (C=O) groups is 1. The largest absolute Gasteiger partial charge is 0.367 e. The molecule has 0 saturated carbocycles. The zero-order chi connectivity index (χ0) is 15.0. The van der Waals surface area contributed by atoms with Gasteiger partial charge in [0.2, 0.25) is 0 Å². The van der Waals surface area contributed by atoms with E-state index in [0.29, 0.717) is 6.54 Å². The van der Waals surface area contributed by atoms with Gasteiger partial charge in [-0.05, 0) is 41.0 Å². The van der Waals surface area contributed by atoms with E-state index in [1.54, 1.807) is 16.8 Å². The van der Waals surface area contributed by atoms with Crippen molar-refractivity contribution < 1.29 is 9.53 Å². The molecule has 1 fully saturated rings. The van der Waals surface area contributed by atoms with Crippen LogP contribution in [0.25, 0.3) is 0 Å². The van der Waals surface area contributed by atoms with E-state index in [-0.39, 0.29) is 23.3 Å². The van der Waals surface area contributed by atoms with Crippen LogP contribution in [0.1, 0.15) is 44.7 Å². The summed E-state index contributed by atoms with van der Waals surface area (Å²) in [6.45, 7) is 10.6. The highest BCUT2D eigenvalue weighted by atomic mass is 32.1. The molecule has 1 saturated heterocycles. The van der Waals surface area contributed by atoms with E-state index in [0.717, 1.165) is 17.0 Å². The van der Waals surface area contributed by atoms with Gasteiger partial charge >= 0.3 is 6.03 Å². The molecule has 0 bridgehead atoms. The van der Waals surface area contributed by atoms with Gasteiger partial charge in [0.15, 0.2) is 0 Å². The van der Waals surface area contributed by atoms with E-state index in [1.165, 1.54) is 0 Å². The molecule has 0 spiro atoms. The van der Waals surface area contributed by atoms with E-state index in [4.69, 9.17) is 4.74 Å². The number of amides is 2. The highest BCUT2D eigenvalue weighted by Crippen LogP contribution is 2.37. The molecule has 6 heteroatoms. The molecule has 2 N–H and O–H groups in total. The molecule has 1 aliphatic rings. The molecule has 1 aromatic rings. The Balaban J connectivity index is 1.87. The van der Waals surface area contributed by atoms with Crippen LogP contribution in [-0.2, 0) is 11.3 Å². The maximum atomic E-state index is 12.0. The van der Waals surface area contributed by atoms with Crippen LogP contribution < -0.4 is 10.6 Å². The van der Waals surface area contributed by atoms with Crippen LogP contribution in [0.4, 0.5) is 4.79 Å². The Hall–Kier alpha value is -1.14. The summed E-state index contributed by atoms with van der Waals surface area (Å²) in [6, 6.07) is -0.141. The second-order valence-corrected chi connectivity index (χ2v) is 7.35. The maximum Gasteiger partial charge on any atom is 0.315 e. The Morgan fingerprint density at radius 2 is 2.20 bits per heavy atom. The van der Waals surface area contributed by atoms with Gasteiger partial charge in [0.1, 0.15) is 0 Å². The van der Waals surface area contributed by atoms with Crippen molar-refractivity contribution in [3.05, 3.63) is 16.1 Å². The fraction of sp³-hybridized carbons (Fsp3) is 0.714.